The average Bonchev–Trinajstić information content (AvgIpc) is 2.70. The van der Waals surface area contributed by atoms with E-state index in [1.54, 1.807) is 18.2 Å². The standard InChI is InChI=1S/C25H30ClNO3S.Na/c1-16-13-21(29-12-11-19-7-5-4-6-8-19)14-17(2)24(16)25(31)27-23-15-20(30-18(3)28)9-10-22(23)26;/h9-10,13-15,19H,4-8,11-12H2,1-3H3,(H,27,31);. The van der Waals surface area contributed by atoms with Crippen LogP contribution in [0, 0.1) is 19.8 Å². The Kier molecular flexibility index (Phi) is 11.0. The number of halogens is 1. The van der Waals surface area contributed by atoms with Gasteiger partial charge in [-0.2, -0.15) is 0 Å². The van der Waals surface area contributed by atoms with Gasteiger partial charge in [-0.05, 0) is 61.6 Å². The van der Waals surface area contributed by atoms with Crippen molar-refractivity contribution < 1.29 is 14.3 Å². The van der Waals surface area contributed by atoms with Crippen molar-refractivity contribution in [3.63, 3.8) is 0 Å². The molecule has 0 aliphatic heterocycles. The second-order valence-electron chi connectivity index (χ2n) is 8.26. The smallest absolute Gasteiger partial charge is 0.308 e. The van der Waals surface area contributed by atoms with Gasteiger partial charge in [-0.3, -0.25) is 4.79 Å². The van der Waals surface area contributed by atoms with Crippen LogP contribution >= 0.6 is 23.8 Å². The van der Waals surface area contributed by atoms with Crippen LogP contribution in [0.1, 0.15) is 62.1 Å². The zero-order chi connectivity index (χ0) is 22.4. The number of carbonyl (C=O) groups excluding carboxylic acids is 1. The number of anilines is 1. The van der Waals surface area contributed by atoms with Crippen LogP contribution in [0.25, 0.3) is 0 Å². The van der Waals surface area contributed by atoms with Gasteiger partial charge < -0.3 is 14.8 Å². The first kappa shape index (κ1) is 27.1. The number of rotatable bonds is 7. The molecule has 0 bridgehead atoms. The second kappa shape index (κ2) is 13.0. The van der Waals surface area contributed by atoms with Crippen molar-refractivity contribution >= 4 is 70.0 Å². The number of thiocarbonyl (C=S) groups is 1. The van der Waals surface area contributed by atoms with E-state index in [-0.39, 0.29) is 35.5 Å². The summed E-state index contributed by atoms with van der Waals surface area (Å²) in [5.41, 5.74) is 3.62. The molecule has 0 spiro atoms. The molecule has 1 fully saturated rings. The fourth-order valence-corrected chi connectivity index (χ4v) is 4.80. The summed E-state index contributed by atoms with van der Waals surface area (Å²) in [6.07, 6.45) is 7.88. The van der Waals surface area contributed by atoms with Gasteiger partial charge in [0.2, 0.25) is 0 Å². The Morgan fingerprint density at radius 2 is 1.75 bits per heavy atom. The van der Waals surface area contributed by atoms with Crippen LogP contribution < -0.4 is 14.8 Å². The van der Waals surface area contributed by atoms with E-state index in [9.17, 15) is 4.79 Å². The minimum atomic E-state index is -0.387. The molecule has 0 aromatic heterocycles. The Balaban J connectivity index is 0.00000363. The third-order valence-corrected chi connectivity index (χ3v) is 6.34. The molecule has 0 unspecified atom stereocenters. The van der Waals surface area contributed by atoms with Crippen molar-refractivity contribution in [3.8, 4) is 11.5 Å². The average molecular weight is 483 g/mol. The first-order chi connectivity index (χ1) is 14.8. The van der Waals surface area contributed by atoms with E-state index in [0.717, 1.165) is 41.4 Å². The van der Waals surface area contributed by atoms with Crippen LogP contribution in [0.15, 0.2) is 30.3 Å². The molecule has 0 saturated heterocycles. The Labute approximate surface area is 223 Å². The molecule has 3 rings (SSSR count). The van der Waals surface area contributed by atoms with Gasteiger partial charge in [0, 0.05) is 48.1 Å². The minimum Gasteiger partial charge on any atom is -0.494 e. The molecule has 1 N–H and O–H groups in total. The zero-order valence-electron chi connectivity index (χ0n) is 19.4. The largest absolute Gasteiger partial charge is 0.494 e. The van der Waals surface area contributed by atoms with Gasteiger partial charge in [0.15, 0.2) is 0 Å². The number of hydrogen-bond donors (Lipinski definition) is 1. The Morgan fingerprint density at radius 3 is 2.38 bits per heavy atom. The fourth-order valence-electron chi connectivity index (χ4n) is 4.20. The molecule has 1 aliphatic rings. The van der Waals surface area contributed by atoms with Crippen LogP contribution in [0.2, 0.25) is 5.02 Å². The van der Waals surface area contributed by atoms with Crippen molar-refractivity contribution in [2.75, 3.05) is 11.9 Å². The number of benzene rings is 2. The summed E-state index contributed by atoms with van der Waals surface area (Å²) in [5.74, 6) is 1.71. The minimum absolute atomic E-state index is 0. The van der Waals surface area contributed by atoms with E-state index in [0.29, 0.717) is 21.4 Å². The topological polar surface area (TPSA) is 47.6 Å². The van der Waals surface area contributed by atoms with Crippen molar-refractivity contribution in [2.24, 2.45) is 5.92 Å². The summed E-state index contributed by atoms with van der Waals surface area (Å²) < 4.78 is 11.2. The summed E-state index contributed by atoms with van der Waals surface area (Å²) in [7, 11) is 0. The molecule has 0 atom stereocenters. The normalized spacial score (nSPS) is 13.8. The zero-order valence-corrected chi connectivity index (χ0v) is 23.0. The molecule has 167 valence electrons. The first-order valence-corrected chi connectivity index (χ1v) is 11.7. The number of ether oxygens (including phenoxy) is 2. The molecule has 1 saturated carbocycles. The van der Waals surface area contributed by atoms with Crippen LogP contribution in [0.3, 0.4) is 0 Å². The molecule has 32 heavy (non-hydrogen) atoms. The van der Waals surface area contributed by atoms with Crippen LogP contribution in [-0.2, 0) is 4.79 Å². The van der Waals surface area contributed by atoms with Gasteiger partial charge in [0.25, 0.3) is 0 Å². The van der Waals surface area contributed by atoms with Crippen molar-refractivity contribution in [2.45, 2.75) is 59.3 Å². The van der Waals surface area contributed by atoms with Gasteiger partial charge in [-0.15, -0.1) is 0 Å². The predicted molar refractivity (Wildman–Crippen MR) is 136 cm³/mol. The summed E-state index contributed by atoms with van der Waals surface area (Å²) in [5, 5.41) is 3.69. The molecule has 0 amide bonds. The van der Waals surface area contributed by atoms with Crippen molar-refractivity contribution in [1.82, 2.24) is 0 Å². The number of esters is 1. The Bertz CT molecular complexity index is 937. The molecule has 4 nitrogen and oxygen atoms in total. The molecular weight excluding hydrogens is 453 g/mol. The molecule has 7 heteroatoms. The van der Waals surface area contributed by atoms with E-state index < -0.39 is 0 Å². The summed E-state index contributed by atoms with van der Waals surface area (Å²) in [6, 6.07) is 9.06. The predicted octanol–water partition coefficient (Wildman–Crippen LogP) is 6.64. The van der Waals surface area contributed by atoms with Gasteiger partial charge >= 0.3 is 5.97 Å². The van der Waals surface area contributed by atoms with Gasteiger partial charge in [0.05, 0.1) is 17.3 Å². The molecular formula is C25H30ClNNaO3S. The summed E-state index contributed by atoms with van der Waals surface area (Å²) in [6.45, 7) is 6.17. The summed E-state index contributed by atoms with van der Waals surface area (Å²) in [4.78, 5) is 11.8. The maximum Gasteiger partial charge on any atom is 0.308 e. The van der Waals surface area contributed by atoms with Crippen LogP contribution in [0.5, 0.6) is 11.5 Å². The van der Waals surface area contributed by atoms with E-state index in [4.69, 9.17) is 33.3 Å². The van der Waals surface area contributed by atoms with E-state index in [1.165, 1.54) is 39.0 Å². The molecule has 2 aromatic carbocycles. The molecule has 0 heterocycles. The summed E-state index contributed by atoms with van der Waals surface area (Å²) >= 11 is 12.0. The maximum atomic E-state index is 11.2. The van der Waals surface area contributed by atoms with Crippen molar-refractivity contribution in [3.05, 3.63) is 52.0 Å². The third-order valence-electron chi connectivity index (χ3n) is 5.70. The fraction of sp³-hybridized carbons (Fsp3) is 0.440. The van der Waals surface area contributed by atoms with Gasteiger partial charge in [0.1, 0.15) is 16.5 Å². The van der Waals surface area contributed by atoms with E-state index >= 15 is 0 Å². The van der Waals surface area contributed by atoms with Crippen LogP contribution in [-0.4, -0.2) is 47.1 Å². The van der Waals surface area contributed by atoms with Gasteiger partial charge in [-0.1, -0.05) is 55.9 Å². The number of carbonyl (C=O) groups is 1. The Morgan fingerprint density at radius 1 is 1.09 bits per heavy atom. The maximum absolute atomic E-state index is 11.2. The molecule has 1 radical (unpaired) electrons. The quantitative estimate of drug-likeness (QED) is 0.207. The van der Waals surface area contributed by atoms with Crippen LogP contribution in [0.4, 0.5) is 5.69 Å². The monoisotopic (exact) mass is 482 g/mol. The number of nitrogens with one attached hydrogen (secondary N) is 1. The number of hydrogen-bond acceptors (Lipinski definition) is 4. The van der Waals surface area contributed by atoms with Crippen molar-refractivity contribution in [1.29, 1.82) is 0 Å². The third kappa shape index (κ3) is 7.74. The molecule has 1 aliphatic carbocycles. The van der Waals surface area contributed by atoms with E-state index in [1.807, 2.05) is 26.0 Å². The van der Waals surface area contributed by atoms with E-state index in [2.05, 4.69) is 5.32 Å². The first-order valence-electron chi connectivity index (χ1n) is 10.9. The molecule has 2 aromatic rings. The SMILES string of the molecule is CC(=O)Oc1ccc(Cl)c(NC(=S)c2c(C)cc(OCCC3CCCCC3)cc2C)c1.[Na]. The Hall–Kier alpha value is -1.11. The second-order valence-corrected chi connectivity index (χ2v) is 9.08. The van der Waals surface area contributed by atoms with Gasteiger partial charge in [-0.25, -0.2) is 0 Å². The number of aryl methyl sites for hydroxylation is 2.